The van der Waals surface area contributed by atoms with Crippen molar-refractivity contribution in [3.63, 3.8) is 0 Å². The van der Waals surface area contributed by atoms with E-state index in [-0.39, 0.29) is 5.91 Å². The van der Waals surface area contributed by atoms with Gasteiger partial charge in [-0.2, -0.15) is 0 Å². The lowest BCUT2D eigenvalue weighted by Gasteiger charge is -2.15. The van der Waals surface area contributed by atoms with Gasteiger partial charge in [-0.3, -0.25) is 4.79 Å². The molecule has 1 aromatic rings. The first kappa shape index (κ1) is 13.7. The van der Waals surface area contributed by atoms with Crippen molar-refractivity contribution in [3.8, 4) is 5.75 Å². The molecule has 4 nitrogen and oxygen atoms in total. The summed E-state index contributed by atoms with van der Waals surface area (Å²) < 4.78 is 5.77. The Morgan fingerprint density at radius 1 is 1.37 bits per heavy atom. The van der Waals surface area contributed by atoms with Crippen LogP contribution >= 0.6 is 0 Å². The van der Waals surface area contributed by atoms with Gasteiger partial charge in [-0.15, -0.1) is 0 Å². The third kappa shape index (κ3) is 3.40. The highest BCUT2D eigenvalue weighted by Crippen LogP contribution is 2.28. The van der Waals surface area contributed by atoms with Crippen LogP contribution in [0.5, 0.6) is 5.75 Å². The Kier molecular flexibility index (Phi) is 4.30. The van der Waals surface area contributed by atoms with Crippen LogP contribution in [0.3, 0.4) is 0 Å². The van der Waals surface area contributed by atoms with Gasteiger partial charge < -0.3 is 15.4 Å². The van der Waals surface area contributed by atoms with E-state index in [1.165, 1.54) is 30.6 Å². The van der Waals surface area contributed by atoms with Crippen LogP contribution in [0, 0.1) is 5.92 Å². The Balaban J connectivity index is 2.00. The van der Waals surface area contributed by atoms with Crippen molar-refractivity contribution in [2.45, 2.75) is 25.7 Å². The number of hydrogen-bond acceptors (Lipinski definition) is 3. The van der Waals surface area contributed by atoms with Gasteiger partial charge in [0, 0.05) is 19.7 Å². The van der Waals surface area contributed by atoms with Gasteiger partial charge in [0.1, 0.15) is 5.75 Å². The number of carbonyl (C=O) groups is 1. The number of nitrogens with two attached hydrogens (primary N) is 1. The number of nitrogens with zero attached hydrogens (tertiary/aromatic N) is 1. The maximum absolute atomic E-state index is 11.8. The summed E-state index contributed by atoms with van der Waals surface area (Å²) in [4.78, 5) is 13.3. The molecular weight excluding hydrogens is 240 g/mol. The summed E-state index contributed by atoms with van der Waals surface area (Å²) in [7, 11) is 3.45. The minimum atomic E-state index is -0.0472. The first-order valence-corrected chi connectivity index (χ1v) is 6.82. The molecule has 1 fully saturated rings. The largest absolute Gasteiger partial charge is 0.491 e. The molecule has 1 aliphatic rings. The highest BCUT2D eigenvalue weighted by molar-refractivity contribution is 5.95. The molecule has 1 amide bonds. The van der Waals surface area contributed by atoms with Gasteiger partial charge in [-0.05, 0) is 37.0 Å². The van der Waals surface area contributed by atoms with Crippen LogP contribution in [0.2, 0.25) is 0 Å². The van der Waals surface area contributed by atoms with Crippen molar-refractivity contribution >= 4 is 11.6 Å². The van der Waals surface area contributed by atoms with Gasteiger partial charge in [-0.1, -0.05) is 12.8 Å². The summed E-state index contributed by atoms with van der Waals surface area (Å²) in [5, 5.41) is 0. The van der Waals surface area contributed by atoms with Crippen molar-refractivity contribution < 1.29 is 9.53 Å². The van der Waals surface area contributed by atoms with Crippen molar-refractivity contribution in [3.05, 3.63) is 23.8 Å². The normalized spacial score (nSPS) is 15.5. The predicted molar refractivity (Wildman–Crippen MR) is 76.3 cm³/mol. The average molecular weight is 262 g/mol. The lowest BCUT2D eigenvalue weighted by Crippen LogP contribution is -2.21. The molecule has 2 N–H and O–H groups in total. The van der Waals surface area contributed by atoms with Crippen LogP contribution in [-0.2, 0) is 0 Å². The zero-order valence-corrected chi connectivity index (χ0v) is 11.7. The third-order valence-electron chi connectivity index (χ3n) is 3.61. The predicted octanol–water partition coefficient (Wildman–Crippen LogP) is 2.54. The van der Waals surface area contributed by atoms with Gasteiger partial charge in [0.05, 0.1) is 12.3 Å². The van der Waals surface area contributed by atoms with Crippen LogP contribution in [0.1, 0.15) is 36.0 Å². The summed E-state index contributed by atoms with van der Waals surface area (Å²) in [6, 6.07) is 5.25. The van der Waals surface area contributed by atoms with Crippen LogP contribution < -0.4 is 10.5 Å². The van der Waals surface area contributed by atoms with E-state index in [0.29, 0.717) is 22.9 Å². The molecule has 0 aromatic heterocycles. The van der Waals surface area contributed by atoms with Crippen molar-refractivity contribution in [1.82, 2.24) is 4.90 Å². The highest BCUT2D eigenvalue weighted by Gasteiger charge is 2.16. The lowest BCUT2D eigenvalue weighted by molar-refractivity contribution is 0.0827. The minimum absolute atomic E-state index is 0.0472. The lowest BCUT2D eigenvalue weighted by atomic mass is 10.1. The fraction of sp³-hybridized carbons (Fsp3) is 0.533. The first-order valence-electron chi connectivity index (χ1n) is 6.82. The monoisotopic (exact) mass is 262 g/mol. The van der Waals surface area contributed by atoms with E-state index in [1.54, 1.807) is 32.3 Å². The second kappa shape index (κ2) is 5.95. The molecule has 2 rings (SSSR count). The van der Waals surface area contributed by atoms with E-state index < -0.39 is 0 Å². The highest BCUT2D eigenvalue weighted by atomic mass is 16.5. The number of anilines is 1. The molecule has 0 unspecified atom stereocenters. The quantitative estimate of drug-likeness (QED) is 0.848. The topological polar surface area (TPSA) is 55.6 Å². The molecule has 1 aromatic carbocycles. The molecule has 19 heavy (non-hydrogen) atoms. The molecule has 0 aliphatic heterocycles. The van der Waals surface area contributed by atoms with Crippen LogP contribution in [0.15, 0.2) is 18.2 Å². The summed E-state index contributed by atoms with van der Waals surface area (Å²) in [5.74, 6) is 1.29. The zero-order valence-electron chi connectivity index (χ0n) is 11.7. The Labute approximate surface area is 114 Å². The van der Waals surface area contributed by atoms with Crippen LogP contribution in [-0.4, -0.2) is 31.5 Å². The Hall–Kier alpha value is -1.71. The van der Waals surface area contributed by atoms with Gasteiger partial charge >= 0.3 is 0 Å². The Morgan fingerprint density at radius 2 is 2.05 bits per heavy atom. The summed E-state index contributed by atoms with van der Waals surface area (Å²) in [6.45, 7) is 0.727. The second-order valence-electron chi connectivity index (χ2n) is 5.41. The van der Waals surface area contributed by atoms with Gasteiger partial charge in [0.25, 0.3) is 5.91 Å². The van der Waals surface area contributed by atoms with E-state index in [0.717, 1.165) is 6.61 Å². The summed E-state index contributed by atoms with van der Waals surface area (Å²) >= 11 is 0. The summed E-state index contributed by atoms with van der Waals surface area (Å²) in [5.41, 5.74) is 7.07. The molecule has 1 saturated carbocycles. The minimum Gasteiger partial charge on any atom is -0.491 e. The van der Waals surface area contributed by atoms with Gasteiger partial charge in [0.15, 0.2) is 0 Å². The van der Waals surface area contributed by atoms with E-state index in [1.807, 2.05) is 0 Å². The number of amides is 1. The molecule has 0 heterocycles. The molecule has 0 atom stereocenters. The van der Waals surface area contributed by atoms with Gasteiger partial charge in [-0.25, -0.2) is 0 Å². The Morgan fingerprint density at radius 3 is 2.63 bits per heavy atom. The molecular formula is C15H22N2O2. The number of rotatable bonds is 4. The number of nitrogen functional groups attached to an aromatic ring is 1. The number of benzene rings is 1. The third-order valence-corrected chi connectivity index (χ3v) is 3.61. The fourth-order valence-corrected chi connectivity index (χ4v) is 2.46. The Bertz CT molecular complexity index is 451. The van der Waals surface area contributed by atoms with Crippen molar-refractivity contribution in [2.24, 2.45) is 5.92 Å². The molecule has 4 heteroatoms. The zero-order chi connectivity index (χ0) is 13.8. The molecule has 104 valence electrons. The van der Waals surface area contributed by atoms with Crippen molar-refractivity contribution in [2.75, 3.05) is 26.4 Å². The molecule has 1 aliphatic carbocycles. The van der Waals surface area contributed by atoms with Crippen molar-refractivity contribution in [1.29, 1.82) is 0 Å². The van der Waals surface area contributed by atoms with Gasteiger partial charge in [0.2, 0.25) is 0 Å². The smallest absolute Gasteiger partial charge is 0.253 e. The first-order chi connectivity index (χ1) is 9.08. The van der Waals surface area contributed by atoms with Crippen LogP contribution in [0.25, 0.3) is 0 Å². The SMILES string of the molecule is CN(C)C(=O)c1ccc(OCC2CCCC2)c(N)c1. The van der Waals surface area contributed by atoms with E-state index in [2.05, 4.69) is 0 Å². The molecule has 0 radical (unpaired) electrons. The standard InChI is InChI=1S/C15H22N2O2/c1-17(2)15(18)12-7-8-14(13(16)9-12)19-10-11-5-3-4-6-11/h7-9,11H,3-6,10,16H2,1-2H3. The van der Waals surface area contributed by atoms with E-state index in [4.69, 9.17) is 10.5 Å². The summed E-state index contributed by atoms with van der Waals surface area (Å²) in [6.07, 6.45) is 5.10. The number of ether oxygens (including phenoxy) is 1. The number of hydrogen-bond donors (Lipinski definition) is 1. The van der Waals surface area contributed by atoms with Crippen LogP contribution in [0.4, 0.5) is 5.69 Å². The van der Waals surface area contributed by atoms with E-state index >= 15 is 0 Å². The van der Waals surface area contributed by atoms with E-state index in [9.17, 15) is 4.79 Å². The molecule has 0 saturated heterocycles. The molecule has 0 spiro atoms. The maximum atomic E-state index is 11.8. The fourth-order valence-electron chi connectivity index (χ4n) is 2.46. The molecule has 0 bridgehead atoms. The second-order valence-corrected chi connectivity index (χ2v) is 5.41. The number of carbonyl (C=O) groups excluding carboxylic acids is 1. The maximum Gasteiger partial charge on any atom is 0.253 e. The average Bonchev–Trinajstić information content (AvgIpc) is 2.89.